The van der Waals surface area contributed by atoms with Gasteiger partial charge in [-0.15, -0.1) is 0 Å². The van der Waals surface area contributed by atoms with E-state index in [-0.39, 0.29) is 23.0 Å². The van der Waals surface area contributed by atoms with Crippen molar-refractivity contribution in [3.05, 3.63) is 0 Å². The molecule has 0 aromatic heterocycles. The minimum absolute atomic E-state index is 0.0967. The topological polar surface area (TPSA) is 74.8 Å². The van der Waals surface area contributed by atoms with Gasteiger partial charge in [0.05, 0.1) is 11.5 Å². The standard InChI is InChI=1S/C13H26N2O4S2/c1-13(2,3)11-21(18,19)14-7-4-6-12(10-14)15-8-5-9-20(15,16)17/h12H,4-11H2,1-3H3/t12-/m0/s1. The molecule has 2 fully saturated rings. The van der Waals surface area contributed by atoms with Gasteiger partial charge in [0, 0.05) is 25.7 Å². The lowest BCUT2D eigenvalue weighted by atomic mass is 10.0. The minimum Gasteiger partial charge on any atom is -0.212 e. The predicted octanol–water partition coefficient (Wildman–Crippen LogP) is 0.862. The molecular weight excluding hydrogens is 312 g/mol. The van der Waals surface area contributed by atoms with E-state index in [1.54, 1.807) is 0 Å². The van der Waals surface area contributed by atoms with E-state index in [0.717, 1.165) is 12.8 Å². The first kappa shape index (κ1) is 17.2. The lowest BCUT2D eigenvalue weighted by molar-refractivity contribution is 0.217. The Labute approximate surface area is 128 Å². The lowest BCUT2D eigenvalue weighted by Gasteiger charge is -2.37. The van der Waals surface area contributed by atoms with Crippen LogP contribution in [0, 0.1) is 5.41 Å². The number of hydrogen-bond acceptors (Lipinski definition) is 4. The van der Waals surface area contributed by atoms with Gasteiger partial charge in [-0.25, -0.2) is 21.1 Å². The summed E-state index contributed by atoms with van der Waals surface area (Å²) in [5.74, 6) is 0.289. The normalized spacial score (nSPS) is 28.8. The van der Waals surface area contributed by atoms with Crippen LogP contribution in [0.3, 0.4) is 0 Å². The molecule has 0 saturated carbocycles. The summed E-state index contributed by atoms with van der Waals surface area (Å²) >= 11 is 0. The van der Waals surface area contributed by atoms with Gasteiger partial charge in [-0.1, -0.05) is 20.8 Å². The second-order valence-electron chi connectivity index (χ2n) is 7.25. The molecule has 0 amide bonds. The maximum absolute atomic E-state index is 12.5. The maximum atomic E-state index is 12.5. The highest BCUT2D eigenvalue weighted by Crippen LogP contribution is 2.27. The van der Waals surface area contributed by atoms with Crippen LogP contribution in [0.1, 0.15) is 40.0 Å². The fourth-order valence-electron chi connectivity index (χ4n) is 3.12. The quantitative estimate of drug-likeness (QED) is 0.765. The minimum atomic E-state index is -3.33. The first-order valence-electron chi connectivity index (χ1n) is 7.49. The Kier molecular flexibility index (Phi) is 4.74. The summed E-state index contributed by atoms with van der Waals surface area (Å²) in [6.45, 7) is 7.03. The lowest BCUT2D eigenvalue weighted by Crippen LogP contribution is -2.51. The fraction of sp³-hybridized carbons (Fsp3) is 1.00. The highest BCUT2D eigenvalue weighted by atomic mass is 32.2. The van der Waals surface area contributed by atoms with Gasteiger partial charge in [0.1, 0.15) is 0 Å². The summed E-state index contributed by atoms with van der Waals surface area (Å²) < 4.78 is 52.0. The number of nitrogens with zero attached hydrogens (tertiary/aromatic N) is 2. The third kappa shape index (κ3) is 4.18. The molecule has 0 spiro atoms. The fourth-order valence-corrected chi connectivity index (χ4v) is 6.96. The Bertz CT molecular complexity index is 578. The molecule has 8 heteroatoms. The third-order valence-electron chi connectivity index (χ3n) is 3.91. The predicted molar refractivity (Wildman–Crippen MR) is 82.9 cm³/mol. The van der Waals surface area contributed by atoms with Gasteiger partial charge in [-0.05, 0) is 24.7 Å². The van der Waals surface area contributed by atoms with Gasteiger partial charge in [-0.2, -0.15) is 4.31 Å². The zero-order chi connectivity index (χ0) is 15.9. The molecule has 21 heavy (non-hydrogen) atoms. The molecule has 1 atom stereocenters. The zero-order valence-corrected chi connectivity index (χ0v) is 14.7. The van der Waals surface area contributed by atoms with Crippen molar-refractivity contribution in [1.82, 2.24) is 8.61 Å². The van der Waals surface area contributed by atoms with E-state index >= 15 is 0 Å². The Morgan fingerprint density at radius 1 is 1.14 bits per heavy atom. The second-order valence-corrected chi connectivity index (χ2v) is 11.3. The molecule has 6 nitrogen and oxygen atoms in total. The van der Waals surface area contributed by atoms with Crippen LogP contribution < -0.4 is 0 Å². The molecule has 2 rings (SSSR count). The monoisotopic (exact) mass is 338 g/mol. The van der Waals surface area contributed by atoms with Crippen LogP contribution in [-0.2, 0) is 20.0 Å². The van der Waals surface area contributed by atoms with Crippen LogP contribution in [0.4, 0.5) is 0 Å². The van der Waals surface area contributed by atoms with E-state index in [2.05, 4.69) is 0 Å². The zero-order valence-electron chi connectivity index (χ0n) is 13.1. The first-order chi connectivity index (χ1) is 9.51. The summed E-state index contributed by atoms with van der Waals surface area (Å²) in [5.41, 5.74) is -0.300. The van der Waals surface area contributed by atoms with Crippen LogP contribution in [0.15, 0.2) is 0 Å². The third-order valence-corrected chi connectivity index (χ3v) is 8.26. The summed E-state index contributed by atoms with van der Waals surface area (Å²) in [6, 6.07) is -0.194. The molecule has 0 bridgehead atoms. The summed E-state index contributed by atoms with van der Waals surface area (Å²) in [4.78, 5) is 0. The van der Waals surface area contributed by atoms with Crippen LogP contribution in [-0.4, -0.2) is 62.6 Å². The smallest absolute Gasteiger partial charge is 0.212 e. The van der Waals surface area contributed by atoms with Crippen molar-refractivity contribution in [3.8, 4) is 0 Å². The molecule has 124 valence electrons. The van der Waals surface area contributed by atoms with Crippen molar-refractivity contribution in [1.29, 1.82) is 0 Å². The molecular formula is C13H26N2O4S2. The Balaban J connectivity index is 2.11. The SMILES string of the molecule is CC(C)(C)CS(=O)(=O)N1CCC[C@H](N2CCCS2(=O)=O)C1. The van der Waals surface area contributed by atoms with E-state index in [4.69, 9.17) is 0 Å². The van der Waals surface area contributed by atoms with Crippen LogP contribution in [0.2, 0.25) is 0 Å². The first-order valence-corrected chi connectivity index (χ1v) is 10.7. The van der Waals surface area contributed by atoms with Gasteiger partial charge >= 0.3 is 0 Å². The molecule has 0 aliphatic carbocycles. The molecule has 2 aliphatic rings. The van der Waals surface area contributed by atoms with E-state index in [1.165, 1.54) is 8.61 Å². The van der Waals surface area contributed by atoms with Crippen molar-refractivity contribution in [3.63, 3.8) is 0 Å². The van der Waals surface area contributed by atoms with Crippen molar-refractivity contribution < 1.29 is 16.8 Å². The van der Waals surface area contributed by atoms with Crippen LogP contribution in [0.5, 0.6) is 0 Å². The van der Waals surface area contributed by atoms with Gasteiger partial charge < -0.3 is 0 Å². The average molecular weight is 338 g/mol. The number of piperidine rings is 1. The average Bonchev–Trinajstić information content (AvgIpc) is 2.66. The van der Waals surface area contributed by atoms with Crippen LogP contribution in [0.25, 0.3) is 0 Å². The second kappa shape index (κ2) is 5.79. The molecule has 2 saturated heterocycles. The highest BCUT2D eigenvalue weighted by molar-refractivity contribution is 7.89. The van der Waals surface area contributed by atoms with Gasteiger partial charge in [0.2, 0.25) is 20.0 Å². The Morgan fingerprint density at radius 3 is 2.33 bits per heavy atom. The van der Waals surface area contributed by atoms with Crippen molar-refractivity contribution in [2.24, 2.45) is 5.41 Å². The summed E-state index contributed by atoms with van der Waals surface area (Å²) in [7, 11) is -6.51. The van der Waals surface area contributed by atoms with Crippen LogP contribution >= 0.6 is 0 Å². The van der Waals surface area contributed by atoms with E-state index < -0.39 is 20.0 Å². The number of rotatable bonds is 3. The largest absolute Gasteiger partial charge is 0.214 e. The maximum Gasteiger partial charge on any atom is 0.214 e. The van der Waals surface area contributed by atoms with E-state index in [0.29, 0.717) is 26.1 Å². The number of sulfonamides is 2. The highest BCUT2D eigenvalue weighted by Gasteiger charge is 2.39. The Morgan fingerprint density at radius 2 is 1.81 bits per heavy atom. The summed E-state index contributed by atoms with van der Waals surface area (Å²) in [5, 5.41) is 0. The van der Waals surface area contributed by atoms with Crippen molar-refractivity contribution in [2.75, 3.05) is 31.1 Å². The molecule has 2 aliphatic heterocycles. The van der Waals surface area contributed by atoms with Crippen molar-refractivity contribution >= 4 is 20.0 Å². The summed E-state index contributed by atoms with van der Waals surface area (Å²) in [6.07, 6.45) is 2.12. The molecule has 2 heterocycles. The van der Waals surface area contributed by atoms with E-state index in [1.807, 2.05) is 20.8 Å². The molecule has 0 unspecified atom stereocenters. The van der Waals surface area contributed by atoms with E-state index in [9.17, 15) is 16.8 Å². The van der Waals surface area contributed by atoms with Gasteiger partial charge in [-0.3, -0.25) is 0 Å². The van der Waals surface area contributed by atoms with Gasteiger partial charge in [0.15, 0.2) is 0 Å². The molecule has 0 aromatic carbocycles. The molecule has 0 aromatic rings. The molecule has 0 N–H and O–H groups in total. The van der Waals surface area contributed by atoms with Crippen molar-refractivity contribution in [2.45, 2.75) is 46.1 Å². The molecule has 0 radical (unpaired) electrons. The Hall–Kier alpha value is -0.180. The number of hydrogen-bond donors (Lipinski definition) is 0. The van der Waals surface area contributed by atoms with Gasteiger partial charge in [0.25, 0.3) is 0 Å².